The topological polar surface area (TPSA) is 115 Å². The van der Waals surface area contributed by atoms with Gasteiger partial charge >= 0.3 is 5.97 Å². The van der Waals surface area contributed by atoms with E-state index in [9.17, 15) is 9.59 Å². The predicted molar refractivity (Wildman–Crippen MR) is 87.0 cm³/mol. The molecule has 1 fully saturated rings. The number of rotatable bonds is 6. The number of hydrogen-bond donors (Lipinski definition) is 2. The van der Waals surface area contributed by atoms with Crippen LogP contribution in [0.1, 0.15) is 18.7 Å². The highest BCUT2D eigenvalue weighted by molar-refractivity contribution is 6.30. The molecule has 2 N–H and O–H groups in total. The molecule has 0 unspecified atom stereocenters. The molecule has 0 spiro atoms. The molecule has 1 amide bonds. The molecule has 2 atom stereocenters. The summed E-state index contributed by atoms with van der Waals surface area (Å²) in [5.74, 6) is -0.577. The zero-order valence-electron chi connectivity index (χ0n) is 13.1. The molecule has 3 rings (SSSR count). The molecule has 1 saturated heterocycles. The highest BCUT2D eigenvalue weighted by Crippen LogP contribution is 2.21. The third-order valence-electron chi connectivity index (χ3n) is 3.78. The van der Waals surface area contributed by atoms with Crippen LogP contribution in [0.4, 0.5) is 0 Å². The Morgan fingerprint density at radius 1 is 1.32 bits per heavy atom. The molecule has 132 valence electrons. The van der Waals surface area contributed by atoms with Crippen LogP contribution >= 0.6 is 11.6 Å². The Morgan fingerprint density at radius 3 is 2.84 bits per heavy atom. The normalized spacial score (nSPS) is 19.7. The van der Waals surface area contributed by atoms with Crippen molar-refractivity contribution in [1.29, 1.82) is 0 Å². The fourth-order valence-electron chi connectivity index (χ4n) is 2.52. The van der Waals surface area contributed by atoms with Crippen molar-refractivity contribution in [2.75, 3.05) is 6.54 Å². The molecule has 9 heteroatoms. The smallest absolute Gasteiger partial charge is 0.332 e. The van der Waals surface area contributed by atoms with Crippen LogP contribution in [0.5, 0.6) is 0 Å². The van der Waals surface area contributed by atoms with Gasteiger partial charge in [0.1, 0.15) is 6.10 Å². The van der Waals surface area contributed by atoms with Crippen molar-refractivity contribution in [3.63, 3.8) is 0 Å². The second-order valence-corrected chi connectivity index (χ2v) is 6.03. The molecule has 1 aliphatic heterocycles. The van der Waals surface area contributed by atoms with E-state index in [0.29, 0.717) is 36.0 Å². The number of carbonyl (C=O) groups excluding carboxylic acids is 1. The predicted octanol–water partition coefficient (Wildman–Crippen LogP) is 1.68. The van der Waals surface area contributed by atoms with Crippen LogP contribution in [0.25, 0.3) is 11.4 Å². The lowest BCUT2D eigenvalue weighted by atomic mass is 10.2. The van der Waals surface area contributed by atoms with Gasteiger partial charge in [0.2, 0.25) is 17.6 Å². The average Bonchev–Trinajstić information content (AvgIpc) is 3.24. The van der Waals surface area contributed by atoms with E-state index < -0.39 is 18.2 Å². The number of nitrogens with one attached hydrogen (secondary N) is 1. The van der Waals surface area contributed by atoms with Crippen molar-refractivity contribution in [1.82, 2.24) is 15.5 Å². The Kier molecular flexibility index (Phi) is 5.30. The van der Waals surface area contributed by atoms with Gasteiger partial charge < -0.3 is 19.7 Å². The summed E-state index contributed by atoms with van der Waals surface area (Å²) in [6.07, 6.45) is -0.561. The lowest BCUT2D eigenvalue weighted by Gasteiger charge is -2.10. The third kappa shape index (κ3) is 4.34. The molecule has 0 radical (unpaired) electrons. The van der Waals surface area contributed by atoms with Crippen LogP contribution in [0.15, 0.2) is 28.8 Å². The van der Waals surface area contributed by atoms with E-state index in [1.165, 1.54) is 0 Å². The molecule has 1 aromatic carbocycles. The zero-order valence-corrected chi connectivity index (χ0v) is 13.9. The quantitative estimate of drug-likeness (QED) is 0.800. The number of amides is 1. The second-order valence-electron chi connectivity index (χ2n) is 5.59. The number of aliphatic carboxylic acids is 1. The maximum Gasteiger partial charge on any atom is 0.332 e. The van der Waals surface area contributed by atoms with E-state index >= 15 is 0 Å². The molecule has 8 nitrogen and oxygen atoms in total. The van der Waals surface area contributed by atoms with Gasteiger partial charge in [-0.25, -0.2) is 4.79 Å². The van der Waals surface area contributed by atoms with Crippen LogP contribution in [-0.4, -0.2) is 45.9 Å². The summed E-state index contributed by atoms with van der Waals surface area (Å²) in [5, 5.41) is 16.0. The Balaban J connectivity index is 1.48. The van der Waals surface area contributed by atoms with E-state index in [1.807, 2.05) is 6.07 Å². The van der Waals surface area contributed by atoms with Crippen molar-refractivity contribution >= 4 is 23.5 Å². The second kappa shape index (κ2) is 7.62. The molecule has 2 heterocycles. The highest BCUT2D eigenvalue weighted by atomic mass is 35.5. The Labute approximate surface area is 148 Å². The van der Waals surface area contributed by atoms with Gasteiger partial charge in [-0.1, -0.05) is 28.9 Å². The lowest BCUT2D eigenvalue weighted by Crippen LogP contribution is -2.36. The minimum atomic E-state index is -1.05. The standard InChI is InChI=1S/C16H16ClN3O5/c17-10-3-1-2-9(8-10)14-19-13(25-20-14)6-7-18-15(21)11-4-5-12(24-11)16(22)23/h1-3,8,11-12H,4-7H2,(H,18,21)(H,22,23)/t11-,12+/m0/s1. The van der Waals surface area contributed by atoms with Crippen molar-refractivity contribution in [2.24, 2.45) is 0 Å². The Bertz CT molecular complexity index is 779. The molecular weight excluding hydrogens is 350 g/mol. The first-order valence-electron chi connectivity index (χ1n) is 7.77. The van der Waals surface area contributed by atoms with E-state index in [4.69, 9.17) is 26.0 Å². The minimum Gasteiger partial charge on any atom is -0.479 e. The summed E-state index contributed by atoms with van der Waals surface area (Å²) >= 11 is 5.93. The maximum absolute atomic E-state index is 12.0. The van der Waals surface area contributed by atoms with Gasteiger partial charge in [0.15, 0.2) is 6.10 Å². The van der Waals surface area contributed by atoms with Gasteiger partial charge in [-0.15, -0.1) is 0 Å². The zero-order chi connectivity index (χ0) is 17.8. The van der Waals surface area contributed by atoms with Gasteiger partial charge in [0.25, 0.3) is 0 Å². The summed E-state index contributed by atoms with van der Waals surface area (Å²) in [7, 11) is 0. The Morgan fingerprint density at radius 2 is 2.12 bits per heavy atom. The van der Waals surface area contributed by atoms with Crippen LogP contribution in [0.2, 0.25) is 5.02 Å². The van der Waals surface area contributed by atoms with Crippen LogP contribution in [0.3, 0.4) is 0 Å². The summed E-state index contributed by atoms with van der Waals surface area (Å²) in [5.41, 5.74) is 0.741. The first-order chi connectivity index (χ1) is 12.0. The van der Waals surface area contributed by atoms with Crippen molar-refractivity contribution in [2.45, 2.75) is 31.5 Å². The van der Waals surface area contributed by atoms with Crippen LogP contribution in [-0.2, 0) is 20.7 Å². The number of benzene rings is 1. The minimum absolute atomic E-state index is 0.285. The van der Waals surface area contributed by atoms with Gasteiger partial charge in [0, 0.05) is 23.6 Å². The first kappa shape index (κ1) is 17.4. The monoisotopic (exact) mass is 365 g/mol. The number of carbonyl (C=O) groups is 2. The van der Waals surface area contributed by atoms with Gasteiger partial charge in [0.05, 0.1) is 0 Å². The summed E-state index contributed by atoms with van der Waals surface area (Å²) in [6, 6.07) is 7.09. The number of carboxylic acids is 1. The van der Waals surface area contributed by atoms with E-state index in [-0.39, 0.29) is 12.5 Å². The molecule has 2 aromatic rings. The Hall–Kier alpha value is -2.45. The fraction of sp³-hybridized carbons (Fsp3) is 0.375. The number of nitrogens with zero attached hydrogens (tertiary/aromatic N) is 2. The van der Waals surface area contributed by atoms with Crippen molar-refractivity contribution in [3.8, 4) is 11.4 Å². The number of hydrogen-bond acceptors (Lipinski definition) is 6. The van der Waals surface area contributed by atoms with Crippen molar-refractivity contribution < 1.29 is 24.0 Å². The molecule has 0 bridgehead atoms. The molecule has 1 aliphatic rings. The molecule has 25 heavy (non-hydrogen) atoms. The van der Waals surface area contributed by atoms with Gasteiger partial charge in [-0.2, -0.15) is 4.98 Å². The van der Waals surface area contributed by atoms with Gasteiger partial charge in [-0.05, 0) is 25.0 Å². The first-order valence-corrected chi connectivity index (χ1v) is 8.15. The molecule has 0 aliphatic carbocycles. The third-order valence-corrected chi connectivity index (χ3v) is 4.01. The van der Waals surface area contributed by atoms with E-state index in [1.54, 1.807) is 18.2 Å². The number of carboxylic acid groups (broad SMARTS) is 1. The van der Waals surface area contributed by atoms with Gasteiger partial charge in [-0.3, -0.25) is 4.79 Å². The SMILES string of the molecule is O=C(NCCc1nc(-c2cccc(Cl)c2)no1)[C@@H]1CC[C@H](C(=O)O)O1. The summed E-state index contributed by atoms with van der Waals surface area (Å²) < 4.78 is 10.3. The molecular formula is C16H16ClN3O5. The van der Waals surface area contributed by atoms with Crippen molar-refractivity contribution in [3.05, 3.63) is 35.2 Å². The average molecular weight is 366 g/mol. The van der Waals surface area contributed by atoms with Crippen LogP contribution < -0.4 is 5.32 Å². The van der Waals surface area contributed by atoms with Crippen LogP contribution in [0, 0.1) is 0 Å². The number of halogens is 1. The fourth-order valence-corrected chi connectivity index (χ4v) is 2.71. The lowest BCUT2D eigenvalue weighted by molar-refractivity contribution is -0.151. The highest BCUT2D eigenvalue weighted by Gasteiger charge is 2.34. The number of ether oxygens (including phenoxy) is 1. The summed E-state index contributed by atoms with van der Waals surface area (Å²) in [4.78, 5) is 27.0. The number of aromatic nitrogens is 2. The molecule has 0 saturated carbocycles. The molecule has 1 aromatic heterocycles. The summed E-state index contributed by atoms with van der Waals surface area (Å²) in [6.45, 7) is 0.285. The largest absolute Gasteiger partial charge is 0.479 e. The maximum atomic E-state index is 12.0. The van der Waals surface area contributed by atoms with E-state index in [2.05, 4.69) is 15.5 Å². The van der Waals surface area contributed by atoms with E-state index in [0.717, 1.165) is 5.56 Å².